The van der Waals surface area contributed by atoms with Crippen molar-refractivity contribution in [2.75, 3.05) is 31.1 Å². The molecule has 10 heteroatoms. The van der Waals surface area contributed by atoms with E-state index >= 15 is 0 Å². The number of hydrogen-bond donors (Lipinski definition) is 1. The van der Waals surface area contributed by atoms with E-state index in [0.717, 1.165) is 18.7 Å². The number of hydrogen-bond acceptors (Lipinski definition) is 6. The molecule has 1 aliphatic rings. The maximum atomic E-state index is 12.9. The molecule has 1 aromatic carbocycles. The molecule has 1 saturated heterocycles. The van der Waals surface area contributed by atoms with Gasteiger partial charge in [-0.2, -0.15) is 18.2 Å². The fraction of sp³-hybridized carbons (Fsp3) is 0.333. The first-order valence-corrected chi connectivity index (χ1v) is 8.49. The fourth-order valence-corrected chi connectivity index (χ4v) is 3.00. The van der Waals surface area contributed by atoms with E-state index in [1.165, 1.54) is 6.07 Å². The van der Waals surface area contributed by atoms with Gasteiger partial charge >= 0.3 is 6.18 Å². The second-order valence-corrected chi connectivity index (χ2v) is 6.23. The molecule has 0 aliphatic carbocycles. The second kappa shape index (κ2) is 8.24. The van der Waals surface area contributed by atoms with Crippen molar-refractivity contribution in [2.45, 2.75) is 12.2 Å². The molecular formula is C18H18ClF3N4O2. The number of pyridine rings is 1. The van der Waals surface area contributed by atoms with E-state index < -0.39 is 11.7 Å². The summed E-state index contributed by atoms with van der Waals surface area (Å²) in [5.41, 5.74) is -0.236. The molecule has 0 spiro atoms. The summed E-state index contributed by atoms with van der Waals surface area (Å²) in [5, 5.41) is 3.28. The first-order valence-electron chi connectivity index (χ1n) is 8.49. The van der Waals surface area contributed by atoms with Gasteiger partial charge in [0.25, 0.3) is 6.01 Å². The number of fused-ring (bicyclic) bond motifs is 1. The van der Waals surface area contributed by atoms with E-state index in [0.29, 0.717) is 37.0 Å². The summed E-state index contributed by atoms with van der Waals surface area (Å²) >= 11 is 0. The zero-order chi connectivity index (χ0) is 18.9. The predicted molar refractivity (Wildman–Crippen MR) is 100.0 cm³/mol. The molecule has 4 rings (SSSR count). The van der Waals surface area contributed by atoms with Crippen molar-refractivity contribution in [2.24, 2.45) is 0 Å². The Kier molecular flexibility index (Phi) is 5.95. The summed E-state index contributed by atoms with van der Waals surface area (Å²) < 4.78 is 50.2. The zero-order valence-electron chi connectivity index (χ0n) is 14.6. The van der Waals surface area contributed by atoms with Gasteiger partial charge < -0.3 is 19.4 Å². The number of ether oxygens (including phenoxy) is 1. The van der Waals surface area contributed by atoms with Crippen LogP contribution in [0.1, 0.15) is 5.56 Å². The molecule has 0 saturated carbocycles. The molecule has 6 nitrogen and oxygen atoms in total. The van der Waals surface area contributed by atoms with Crippen molar-refractivity contribution in [1.82, 2.24) is 15.3 Å². The van der Waals surface area contributed by atoms with Gasteiger partial charge in [0.05, 0.1) is 17.8 Å². The van der Waals surface area contributed by atoms with Crippen molar-refractivity contribution in [1.29, 1.82) is 0 Å². The zero-order valence-corrected chi connectivity index (χ0v) is 15.5. The van der Waals surface area contributed by atoms with E-state index in [1.54, 1.807) is 18.5 Å². The van der Waals surface area contributed by atoms with Gasteiger partial charge in [-0.3, -0.25) is 4.98 Å². The van der Waals surface area contributed by atoms with Gasteiger partial charge in [0.15, 0.2) is 5.58 Å². The SMILES string of the molecule is Cl.FC(F)(F)c1ccc2oc(N3CCNCC3COc3cccnc3)nc2c1. The molecule has 0 bridgehead atoms. The lowest BCUT2D eigenvalue weighted by Crippen LogP contribution is -2.54. The lowest BCUT2D eigenvalue weighted by Gasteiger charge is -2.34. The molecule has 28 heavy (non-hydrogen) atoms. The summed E-state index contributed by atoms with van der Waals surface area (Å²) in [6, 6.07) is 7.12. The average molecular weight is 415 g/mol. The summed E-state index contributed by atoms with van der Waals surface area (Å²) in [4.78, 5) is 10.2. The Bertz CT molecular complexity index is 920. The molecule has 0 amide bonds. The van der Waals surface area contributed by atoms with Gasteiger partial charge in [-0.25, -0.2) is 0 Å². The number of halogens is 4. The molecule has 3 heterocycles. The number of anilines is 1. The quantitative estimate of drug-likeness (QED) is 0.704. The van der Waals surface area contributed by atoms with Crippen molar-refractivity contribution in [3.63, 3.8) is 0 Å². The largest absolute Gasteiger partial charge is 0.490 e. The van der Waals surface area contributed by atoms with Crippen LogP contribution in [0.15, 0.2) is 47.1 Å². The van der Waals surface area contributed by atoms with Crippen molar-refractivity contribution < 1.29 is 22.3 Å². The summed E-state index contributed by atoms with van der Waals surface area (Å²) in [7, 11) is 0. The van der Waals surface area contributed by atoms with Crippen LogP contribution in [-0.2, 0) is 6.18 Å². The minimum atomic E-state index is -4.41. The Morgan fingerprint density at radius 3 is 2.89 bits per heavy atom. The molecule has 1 atom stereocenters. The van der Waals surface area contributed by atoms with Crippen LogP contribution >= 0.6 is 12.4 Å². The molecule has 1 fully saturated rings. The number of aromatic nitrogens is 2. The standard InChI is InChI=1S/C18H17F3N4O2.ClH/c19-18(20,21)12-3-4-16-15(8-12)24-17(27-16)25-7-6-23-9-13(25)11-26-14-2-1-5-22-10-14;/h1-5,8,10,13,23H,6-7,9,11H2;1H. The molecule has 3 aromatic rings. The number of rotatable bonds is 4. The number of benzene rings is 1. The smallest absolute Gasteiger partial charge is 0.416 e. The van der Waals surface area contributed by atoms with Gasteiger partial charge in [-0.05, 0) is 30.3 Å². The van der Waals surface area contributed by atoms with Crippen LogP contribution in [0.2, 0.25) is 0 Å². The van der Waals surface area contributed by atoms with Gasteiger partial charge in [0.1, 0.15) is 17.9 Å². The highest BCUT2D eigenvalue weighted by Gasteiger charge is 2.32. The third-order valence-electron chi connectivity index (χ3n) is 4.38. The van der Waals surface area contributed by atoms with E-state index in [2.05, 4.69) is 15.3 Å². The van der Waals surface area contributed by atoms with E-state index in [4.69, 9.17) is 9.15 Å². The monoisotopic (exact) mass is 414 g/mol. The number of alkyl halides is 3. The molecule has 1 aliphatic heterocycles. The van der Waals surface area contributed by atoms with Crippen molar-refractivity contribution >= 4 is 29.5 Å². The molecule has 150 valence electrons. The predicted octanol–water partition coefficient (Wildman–Crippen LogP) is 3.52. The van der Waals surface area contributed by atoms with E-state index in [9.17, 15) is 13.2 Å². The number of piperazine rings is 1. The van der Waals surface area contributed by atoms with Crippen LogP contribution in [0.25, 0.3) is 11.1 Å². The topological polar surface area (TPSA) is 63.4 Å². The van der Waals surface area contributed by atoms with Crippen LogP contribution in [0.4, 0.5) is 19.2 Å². The highest BCUT2D eigenvalue weighted by Crippen LogP contribution is 2.33. The maximum Gasteiger partial charge on any atom is 0.416 e. The van der Waals surface area contributed by atoms with Crippen LogP contribution in [-0.4, -0.2) is 42.3 Å². The Balaban J connectivity index is 0.00000225. The van der Waals surface area contributed by atoms with Gasteiger partial charge in [0, 0.05) is 25.8 Å². The third-order valence-corrected chi connectivity index (χ3v) is 4.38. The first-order chi connectivity index (χ1) is 13.0. The van der Waals surface area contributed by atoms with Crippen LogP contribution in [0, 0.1) is 0 Å². The lowest BCUT2D eigenvalue weighted by atomic mass is 10.2. The molecule has 2 aromatic heterocycles. The third kappa shape index (κ3) is 4.31. The molecule has 0 radical (unpaired) electrons. The van der Waals surface area contributed by atoms with Gasteiger partial charge in [-0.15, -0.1) is 12.4 Å². The molecule has 1 N–H and O–H groups in total. The minimum Gasteiger partial charge on any atom is -0.490 e. The van der Waals surface area contributed by atoms with Gasteiger partial charge in [-0.1, -0.05) is 0 Å². The molecular weight excluding hydrogens is 397 g/mol. The Labute approximate surface area is 165 Å². The summed E-state index contributed by atoms with van der Waals surface area (Å²) in [6.07, 6.45) is -1.13. The Morgan fingerprint density at radius 1 is 1.29 bits per heavy atom. The van der Waals surface area contributed by atoms with Crippen LogP contribution < -0.4 is 15.0 Å². The molecule has 1 unspecified atom stereocenters. The highest BCUT2D eigenvalue weighted by atomic mass is 35.5. The minimum absolute atomic E-state index is 0. The maximum absolute atomic E-state index is 12.9. The second-order valence-electron chi connectivity index (χ2n) is 6.23. The van der Waals surface area contributed by atoms with Crippen molar-refractivity contribution in [3.05, 3.63) is 48.3 Å². The average Bonchev–Trinajstić information content (AvgIpc) is 3.10. The lowest BCUT2D eigenvalue weighted by molar-refractivity contribution is -0.137. The number of nitrogens with zero attached hydrogens (tertiary/aromatic N) is 3. The fourth-order valence-electron chi connectivity index (χ4n) is 3.00. The van der Waals surface area contributed by atoms with E-state index in [1.807, 2.05) is 11.0 Å². The van der Waals surface area contributed by atoms with E-state index in [-0.39, 0.29) is 24.0 Å². The first kappa shape index (κ1) is 20.2. The summed E-state index contributed by atoms with van der Waals surface area (Å²) in [6.45, 7) is 2.34. The number of nitrogens with one attached hydrogen (secondary N) is 1. The summed E-state index contributed by atoms with van der Waals surface area (Å²) in [5.74, 6) is 0.649. The highest BCUT2D eigenvalue weighted by molar-refractivity contribution is 5.85. The number of oxazole rings is 1. The normalized spacial score (nSPS) is 17.4. The Morgan fingerprint density at radius 2 is 2.14 bits per heavy atom. The van der Waals surface area contributed by atoms with Crippen molar-refractivity contribution in [3.8, 4) is 5.75 Å². The Hall–Kier alpha value is -2.52. The van der Waals surface area contributed by atoms with Gasteiger partial charge in [0.2, 0.25) is 0 Å². The van der Waals surface area contributed by atoms with Crippen LogP contribution in [0.5, 0.6) is 5.75 Å². The van der Waals surface area contributed by atoms with Crippen LogP contribution in [0.3, 0.4) is 0 Å².